The van der Waals surface area contributed by atoms with Crippen molar-refractivity contribution in [1.29, 1.82) is 0 Å². The molecule has 108 valence electrons. The molecule has 0 aliphatic carbocycles. The summed E-state index contributed by atoms with van der Waals surface area (Å²) in [6.45, 7) is 3.43. The van der Waals surface area contributed by atoms with E-state index in [1.54, 1.807) is 0 Å². The quantitative estimate of drug-likeness (QED) is 0.708. The van der Waals surface area contributed by atoms with Crippen molar-refractivity contribution in [1.82, 2.24) is 15.5 Å². The second-order valence-corrected chi connectivity index (χ2v) is 4.66. The van der Waals surface area contributed by atoms with Gasteiger partial charge in [-0.25, -0.2) is 8.78 Å². The Kier molecular flexibility index (Phi) is 4.78. The Morgan fingerprint density at radius 2 is 2.26 bits per heavy atom. The van der Waals surface area contributed by atoms with E-state index in [2.05, 4.69) is 15.5 Å². The molecule has 1 aliphatic heterocycles. The third-order valence-electron chi connectivity index (χ3n) is 2.77. The minimum Gasteiger partial charge on any atom is -0.375 e. The summed E-state index contributed by atoms with van der Waals surface area (Å²) in [6.07, 6.45) is -2.11. The number of hydrogen-bond donors (Lipinski definition) is 1. The normalized spacial score (nSPS) is 17.7. The van der Waals surface area contributed by atoms with Crippen molar-refractivity contribution in [2.75, 3.05) is 26.3 Å². The lowest BCUT2D eigenvalue weighted by Gasteiger charge is -2.38. The zero-order valence-electron chi connectivity index (χ0n) is 10.7. The molecule has 1 saturated heterocycles. The van der Waals surface area contributed by atoms with Gasteiger partial charge in [-0.1, -0.05) is 5.16 Å². The number of ether oxygens (including phenoxy) is 2. The molecule has 1 N–H and O–H groups in total. The highest BCUT2D eigenvalue weighted by Gasteiger charge is 2.32. The number of rotatable bonds is 8. The van der Waals surface area contributed by atoms with Crippen LogP contribution in [0.25, 0.3) is 0 Å². The van der Waals surface area contributed by atoms with Crippen LogP contribution in [0.3, 0.4) is 0 Å². The fourth-order valence-corrected chi connectivity index (χ4v) is 1.60. The molecule has 6 nitrogen and oxygen atoms in total. The van der Waals surface area contributed by atoms with Crippen molar-refractivity contribution in [2.24, 2.45) is 0 Å². The van der Waals surface area contributed by atoms with Gasteiger partial charge in [0.05, 0.1) is 12.2 Å². The van der Waals surface area contributed by atoms with Crippen molar-refractivity contribution < 1.29 is 22.8 Å². The molecule has 0 aromatic carbocycles. The first-order valence-corrected chi connectivity index (χ1v) is 6.09. The summed E-state index contributed by atoms with van der Waals surface area (Å²) in [5.74, 6) is 0.821. The number of halogens is 2. The fraction of sp³-hybridized carbons (Fsp3) is 0.818. The minimum atomic E-state index is -2.45. The van der Waals surface area contributed by atoms with E-state index < -0.39 is 13.0 Å². The SMILES string of the molecule is CC1(OCc2nc(CCOCC(F)F)no2)CNC1. The van der Waals surface area contributed by atoms with Crippen LogP contribution in [0.5, 0.6) is 0 Å². The van der Waals surface area contributed by atoms with Crippen molar-refractivity contribution in [3.05, 3.63) is 11.7 Å². The highest BCUT2D eigenvalue weighted by atomic mass is 19.3. The molecule has 19 heavy (non-hydrogen) atoms. The Hall–Kier alpha value is -1.12. The lowest BCUT2D eigenvalue weighted by Crippen LogP contribution is -2.58. The van der Waals surface area contributed by atoms with Crippen molar-refractivity contribution in [3.8, 4) is 0 Å². The Labute approximate surface area is 109 Å². The molecule has 0 spiro atoms. The maximum atomic E-state index is 11.8. The predicted molar refractivity (Wildman–Crippen MR) is 60.9 cm³/mol. The van der Waals surface area contributed by atoms with E-state index in [1.807, 2.05) is 6.92 Å². The van der Waals surface area contributed by atoms with Gasteiger partial charge < -0.3 is 19.3 Å². The van der Waals surface area contributed by atoms with E-state index in [0.717, 1.165) is 13.1 Å². The van der Waals surface area contributed by atoms with Crippen LogP contribution in [0.15, 0.2) is 4.52 Å². The number of nitrogens with one attached hydrogen (secondary N) is 1. The first-order chi connectivity index (χ1) is 9.07. The molecule has 2 heterocycles. The van der Waals surface area contributed by atoms with E-state index in [1.165, 1.54) is 0 Å². The highest BCUT2D eigenvalue weighted by Crippen LogP contribution is 2.17. The lowest BCUT2D eigenvalue weighted by atomic mass is 10.0. The van der Waals surface area contributed by atoms with Crippen LogP contribution < -0.4 is 5.32 Å². The largest absolute Gasteiger partial charge is 0.375 e. The number of aromatic nitrogens is 2. The fourth-order valence-electron chi connectivity index (χ4n) is 1.60. The summed E-state index contributed by atoms with van der Waals surface area (Å²) < 4.78 is 39.0. The molecule has 0 atom stereocenters. The molecule has 1 aromatic rings. The zero-order chi connectivity index (χ0) is 13.7. The van der Waals surface area contributed by atoms with Gasteiger partial charge in [0, 0.05) is 19.5 Å². The van der Waals surface area contributed by atoms with Crippen LogP contribution in [0, 0.1) is 0 Å². The minimum absolute atomic E-state index is 0.145. The first-order valence-electron chi connectivity index (χ1n) is 6.09. The second kappa shape index (κ2) is 6.36. The molecule has 1 fully saturated rings. The van der Waals surface area contributed by atoms with E-state index in [9.17, 15) is 8.78 Å². The smallest absolute Gasteiger partial charge is 0.261 e. The third kappa shape index (κ3) is 4.48. The number of alkyl halides is 2. The Bertz CT molecular complexity index is 396. The molecule has 0 bridgehead atoms. The van der Waals surface area contributed by atoms with Gasteiger partial charge in [0.2, 0.25) is 0 Å². The third-order valence-corrected chi connectivity index (χ3v) is 2.77. The van der Waals surface area contributed by atoms with Gasteiger partial charge in [0.15, 0.2) is 5.82 Å². The van der Waals surface area contributed by atoms with Crippen molar-refractivity contribution in [2.45, 2.75) is 32.0 Å². The summed E-state index contributed by atoms with van der Waals surface area (Å²) >= 11 is 0. The van der Waals surface area contributed by atoms with Crippen molar-refractivity contribution in [3.63, 3.8) is 0 Å². The second-order valence-electron chi connectivity index (χ2n) is 4.66. The summed E-state index contributed by atoms with van der Waals surface area (Å²) in [4.78, 5) is 4.10. The Morgan fingerprint density at radius 1 is 1.47 bits per heavy atom. The predicted octanol–water partition coefficient (Wildman–Crippen LogP) is 0.772. The van der Waals surface area contributed by atoms with Crippen LogP contribution in [0.2, 0.25) is 0 Å². The van der Waals surface area contributed by atoms with Gasteiger partial charge in [-0.05, 0) is 6.92 Å². The standard InChI is InChI=1S/C11H17F2N3O3/c1-11(6-14-7-11)18-5-10-15-9(16-19-10)2-3-17-4-8(12)13/h8,14H,2-7H2,1H3. The lowest BCUT2D eigenvalue weighted by molar-refractivity contribution is -0.0841. The molecule has 8 heteroatoms. The molecular formula is C11H17F2N3O3. The average Bonchev–Trinajstić information content (AvgIpc) is 2.77. The van der Waals surface area contributed by atoms with E-state index in [0.29, 0.717) is 18.1 Å². The summed E-state index contributed by atoms with van der Waals surface area (Å²) in [5, 5.41) is 6.85. The maximum Gasteiger partial charge on any atom is 0.261 e. The van der Waals surface area contributed by atoms with Crippen LogP contribution in [0.4, 0.5) is 8.78 Å². The van der Waals surface area contributed by atoms with Gasteiger partial charge in [-0.2, -0.15) is 4.98 Å². The molecule has 0 radical (unpaired) electrons. The van der Waals surface area contributed by atoms with Gasteiger partial charge >= 0.3 is 0 Å². The summed E-state index contributed by atoms with van der Waals surface area (Å²) in [5.41, 5.74) is -0.172. The highest BCUT2D eigenvalue weighted by molar-refractivity contribution is 4.91. The monoisotopic (exact) mass is 277 g/mol. The van der Waals surface area contributed by atoms with Crippen LogP contribution >= 0.6 is 0 Å². The molecule has 1 aromatic heterocycles. The van der Waals surface area contributed by atoms with E-state index >= 15 is 0 Å². The number of nitrogens with zero attached hydrogens (tertiary/aromatic N) is 2. The maximum absolute atomic E-state index is 11.8. The summed E-state index contributed by atoms with van der Waals surface area (Å²) in [7, 11) is 0. The van der Waals surface area contributed by atoms with Crippen molar-refractivity contribution >= 4 is 0 Å². The van der Waals surface area contributed by atoms with Gasteiger partial charge in [0.1, 0.15) is 13.2 Å². The molecular weight excluding hydrogens is 260 g/mol. The topological polar surface area (TPSA) is 69.4 Å². The van der Waals surface area contributed by atoms with E-state index in [-0.39, 0.29) is 18.8 Å². The first kappa shape index (κ1) is 14.3. The Balaban J connectivity index is 1.66. The number of hydrogen-bond acceptors (Lipinski definition) is 6. The van der Waals surface area contributed by atoms with Gasteiger partial charge in [0.25, 0.3) is 12.3 Å². The van der Waals surface area contributed by atoms with E-state index in [4.69, 9.17) is 14.0 Å². The average molecular weight is 277 g/mol. The molecule has 2 rings (SSSR count). The van der Waals surface area contributed by atoms with Gasteiger partial charge in [-0.15, -0.1) is 0 Å². The molecule has 1 aliphatic rings. The molecule has 0 unspecified atom stereocenters. The van der Waals surface area contributed by atoms with Crippen LogP contribution in [-0.2, 0) is 22.5 Å². The van der Waals surface area contributed by atoms with Crippen LogP contribution in [-0.4, -0.2) is 48.5 Å². The Morgan fingerprint density at radius 3 is 2.89 bits per heavy atom. The zero-order valence-corrected chi connectivity index (χ0v) is 10.7. The molecule has 0 amide bonds. The summed E-state index contributed by atoms with van der Waals surface area (Å²) in [6, 6.07) is 0. The molecule has 0 saturated carbocycles. The van der Waals surface area contributed by atoms with Gasteiger partial charge in [-0.3, -0.25) is 0 Å². The van der Waals surface area contributed by atoms with Crippen LogP contribution in [0.1, 0.15) is 18.6 Å².